The number of ether oxygens (including phenoxy) is 2. The number of fused-ring (bicyclic) bond motifs is 1. The molecular formula is C22H20Cl2N4O6. The third-order valence-corrected chi connectivity index (χ3v) is 6.36. The maximum atomic E-state index is 11.4. The van der Waals surface area contributed by atoms with Gasteiger partial charge in [0.1, 0.15) is 17.5 Å². The first-order chi connectivity index (χ1) is 16.2. The van der Waals surface area contributed by atoms with Gasteiger partial charge in [0.2, 0.25) is 5.95 Å². The van der Waals surface area contributed by atoms with Gasteiger partial charge in [-0.1, -0.05) is 29.3 Å². The number of benzene rings is 2. The van der Waals surface area contributed by atoms with E-state index < -0.39 is 24.1 Å². The van der Waals surface area contributed by atoms with Gasteiger partial charge >= 0.3 is 12.1 Å². The van der Waals surface area contributed by atoms with Gasteiger partial charge in [-0.15, -0.1) is 0 Å². The van der Waals surface area contributed by atoms with Gasteiger partial charge in [0.25, 0.3) is 0 Å². The van der Waals surface area contributed by atoms with E-state index in [4.69, 9.17) is 32.7 Å². The largest absolute Gasteiger partial charge is 0.495 e. The van der Waals surface area contributed by atoms with Crippen LogP contribution in [0.5, 0.6) is 11.5 Å². The highest BCUT2D eigenvalue weighted by Crippen LogP contribution is 2.46. The van der Waals surface area contributed by atoms with Crippen molar-refractivity contribution in [2.24, 2.45) is 0 Å². The van der Waals surface area contributed by atoms with Gasteiger partial charge in [-0.3, -0.25) is 4.90 Å². The summed E-state index contributed by atoms with van der Waals surface area (Å²) in [6.07, 6.45) is 0.429. The first-order valence-electron chi connectivity index (χ1n) is 10.1. The number of likely N-dealkylation sites (tertiary alicyclic amines) is 1. The van der Waals surface area contributed by atoms with E-state index in [0.717, 1.165) is 4.90 Å². The first kappa shape index (κ1) is 23.7. The second kappa shape index (κ2) is 9.40. The number of amides is 1. The van der Waals surface area contributed by atoms with Crippen LogP contribution < -0.4 is 14.8 Å². The molecule has 1 saturated heterocycles. The SMILES string of the molecule is COc1cc(OC)c(Cl)c(-c2ccc3nc(N[C@H]4C[C@@H](C(=O)O)N(C(=O)O)C4)ncc3c2)c1Cl. The van der Waals surface area contributed by atoms with Crippen molar-refractivity contribution in [1.82, 2.24) is 14.9 Å². The molecule has 2 aromatic carbocycles. The molecule has 1 aromatic heterocycles. The van der Waals surface area contributed by atoms with Crippen LogP contribution in [0.3, 0.4) is 0 Å². The number of aliphatic carboxylic acids is 1. The second-order valence-electron chi connectivity index (χ2n) is 7.62. The molecule has 0 aliphatic carbocycles. The molecule has 2 heterocycles. The number of carboxylic acid groups (broad SMARTS) is 2. The van der Waals surface area contributed by atoms with Crippen molar-refractivity contribution in [3.8, 4) is 22.6 Å². The van der Waals surface area contributed by atoms with Gasteiger partial charge in [-0.25, -0.2) is 19.6 Å². The predicted octanol–water partition coefficient (Wildman–Crippen LogP) is 4.24. The van der Waals surface area contributed by atoms with Crippen molar-refractivity contribution < 1.29 is 29.3 Å². The molecule has 3 N–H and O–H groups in total. The van der Waals surface area contributed by atoms with E-state index in [-0.39, 0.29) is 18.9 Å². The molecule has 4 rings (SSSR count). The summed E-state index contributed by atoms with van der Waals surface area (Å²) >= 11 is 13.0. The Bertz CT molecular complexity index is 1240. The zero-order valence-electron chi connectivity index (χ0n) is 18.1. The summed E-state index contributed by atoms with van der Waals surface area (Å²) in [7, 11) is 3.00. The van der Waals surface area contributed by atoms with Gasteiger partial charge in [-0.05, 0) is 17.7 Å². The summed E-state index contributed by atoms with van der Waals surface area (Å²) in [6, 6.07) is 5.46. The minimum Gasteiger partial charge on any atom is -0.495 e. The number of hydrogen-bond donors (Lipinski definition) is 3. The number of anilines is 1. The van der Waals surface area contributed by atoms with E-state index in [1.165, 1.54) is 14.2 Å². The van der Waals surface area contributed by atoms with Crippen LogP contribution >= 0.6 is 23.2 Å². The summed E-state index contributed by atoms with van der Waals surface area (Å²) in [5, 5.41) is 22.9. The number of aromatic nitrogens is 2. The summed E-state index contributed by atoms with van der Waals surface area (Å²) in [4.78, 5) is 32.4. The molecule has 1 aliphatic heterocycles. The van der Waals surface area contributed by atoms with Crippen molar-refractivity contribution in [3.63, 3.8) is 0 Å². The van der Waals surface area contributed by atoms with Crippen molar-refractivity contribution in [2.75, 3.05) is 26.1 Å². The van der Waals surface area contributed by atoms with E-state index >= 15 is 0 Å². The first-order valence-corrected chi connectivity index (χ1v) is 10.8. The predicted molar refractivity (Wildman–Crippen MR) is 126 cm³/mol. The monoisotopic (exact) mass is 506 g/mol. The molecule has 0 spiro atoms. The average Bonchev–Trinajstić information content (AvgIpc) is 3.24. The van der Waals surface area contributed by atoms with Gasteiger partial charge < -0.3 is 25.0 Å². The molecule has 178 valence electrons. The fourth-order valence-electron chi connectivity index (χ4n) is 3.97. The lowest BCUT2D eigenvalue weighted by Crippen LogP contribution is -2.39. The fourth-order valence-corrected chi connectivity index (χ4v) is 4.69. The average molecular weight is 507 g/mol. The molecule has 0 saturated carbocycles. The number of rotatable bonds is 6. The number of hydrogen-bond acceptors (Lipinski definition) is 7. The van der Waals surface area contributed by atoms with Gasteiger partial charge in [-0.2, -0.15) is 0 Å². The van der Waals surface area contributed by atoms with Crippen LogP contribution in [-0.4, -0.2) is 70.0 Å². The van der Waals surface area contributed by atoms with E-state index in [0.29, 0.717) is 43.6 Å². The molecule has 1 amide bonds. The van der Waals surface area contributed by atoms with Crippen LogP contribution in [0.15, 0.2) is 30.5 Å². The molecule has 2 atom stereocenters. The second-order valence-corrected chi connectivity index (χ2v) is 8.37. The molecule has 0 unspecified atom stereocenters. The van der Waals surface area contributed by atoms with E-state index in [2.05, 4.69) is 15.3 Å². The maximum absolute atomic E-state index is 11.4. The van der Waals surface area contributed by atoms with Crippen LogP contribution in [0.1, 0.15) is 6.42 Å². The highest BCUT2D eigenvalue weighted by Gasteiger charge is 2.40. The van der Waals surface area contributed by atoms with E-state index in [9.17, 15) is 19.8 Å². The Morgan fingerprint density at radius 3 is 2.35 bits per heavy atom. The third kappa shape index (κ3) is 4.34. The smallest absolute Gasteiger partial charge is 0.408 e. The summed E-state index contributed by atoms with van der Waals surface area (Å²) in [6.45, 7) is 0.0152. The topological polar surface area (TPSA) is 134 Å². The lowest BCUT2D eigenvalue weighted by Gasteiger charge is -2.17. The third-order valence-electron chi connectivity index (χ3n) is 5.61. The van der Waals surface area contributed by atoms with Crippen molar-refractivity contribution in [3.05, 3.63) is 40.5 Å². The maximum Gasteiger partial charge on any atom is 0.408 e. The molecular weight excluding hydrogens is 487 g/mol. The minimum atomic E-state index is -1.28. The normalized spacial score (nSPS) is 17.6. The summed E-state index contributed by atoms with van der Waals surface area (Å²) in [5.74, 6) is -0.0909. The number of nitrogens with one attached hydrogen (secondary N) is 1. The van der Waals surface area contributed by atoms with Crippen LogP contribution in [-0.2, 0) is 4.79 Å². The Balaban J connectivity index is 1.63. The van der Waals surface area contributed by atoms with Crippen molar-refractivity contribution in [1.29, 1.82) is 0 Å². The van der Waals surface area contributed by atoms with Crippen molar-refractivity contribution in [2.45, 2.75) is 18.5 Å². The Hall–Kier alpha value is -3.50. The minimum absolute atomic E-state index is 0.0152. The number of carboxylic acids is 1. The van der Waals surface area contributed by atoms with Gasteiger partial charge in [0.05, 0.1) is 29.8 Å². The fraction of sp³-hybridized carbons (Fsp3) is 0.273. The highest BCUT2D eigenvalue weighted by molar-refractivity contribution is 6.41. The summed E-state index contributed by atoms with van der Waals surface area (Å²) in [5.41, 5.74) is 1.87. The molecule has 0 bridgehead atoms. The number of nitrogens with zero attached hydrogens (tertiary/aromatic N) is 3. The van der Waals surface area contributed by atoms with Crippen LogP contribution in [0, 0.1) is 0 Å². The Morgan fingerprint density at radius 1 is 1.12 bits per heavy atom. The number of carbonyl (C=O) groups is 2. The zero-order valence-corrected chi connectivity index (χ0v) is 19.6. The van der Waals surface area contributed by atoms with Gasteiger partial charge in [0, 0.05) is 42.2 Å². The Morgan fingerprint density at radius 2 is 1.79 bits per heavy atom. The molecule has 1 fully saturated rings. The van der Waals surface area contributed by atoms with E-state index in [1.54, 1.807) is 24.4 Å². The Labute approximate surface area is 204 Å². The Kier molecular flexibility index (Phi) is 6.54. The molecule has 12 heteroatoms. The number of halogens is 2. The van der Waals surface area contributed by atoms with Crippen LogP contribution in [0.4, 0.5) is 10.7 Å². The van der Waals surface area contributed by atoms with Crippen molar-refractivity contribution >= 4 is 52.1 Å². The lowest BCUT2D eigenvalue weighted by atomic mass is 10.0. The zero-order chi connectivity index (χ0) is 24.6. The van der Waals surface area contributed by atoms with Crippen LogP contribution in [0.2, 0.25) is 10.0 Å². The van der Waals surface area contributed by atoms with Gasteiger partial charge in [0.15, 0.2) is 0 Å². The van der Waals surface area contributed by atoms with E-state index in [1.807, 2.05) is 6.07 Å². The number of methoxy groups -OCH3 is 2. The quantitative estimate of drug-likeness (QED) is 0.448. The van der Waals surface area contributed by atoms with Crippen LogP contribution in [0.25, 0.3) is 22.0 Å². The molecule has 3 aromatic rings. The standard InChI is InChI=1S/C22H20Cl2N4O6/c1-33-15-7-16(34-2)19(24)17(18(15)23)10-3-4-13-11(5-10)8-25-21(27-13)26-12-6-14(20(29)30)28(9-12)22(31)32/h3-5,7-8,12,14H,6,9H2,1-2H3,(H,29,30)(H,31,32)(H,25,26,27)/t12-,14-/m0/s1. The lowest BCUT2D eigenvalue weighted by molar-refractivity contribution is -0.141. The molecule has 0 radical (unpaired) electrons. The summed E-state index contributed by atoms with van der Waals surface area (Å²) < 4.78 is 10.7. The molecule has 34 heavy (non-hydrogen) atoms. The molecule has 10 nitrogen and oxygen atoms in total. The molecule has 1 aliphatic rings. The highest BCUT2D eigenvalue weighted by atomic mass is 35.5.